The minimum Gasteiger partial charge on any atom is -0.354 e. The molecule has 0 radical (unpaired) electrons. The van der Waals surface area contributed by atoms with Crippen LogP contribution in [0.25, 0.3) is 0 Å². The topological polar surface area (TPSA) is 85.2 Å². The minimum absolute atomic E-state index is 0.0672. The van der Waals surface area contributed by atoms with Crippen LogP contribution in [-0.2, 0) is 9.59 Å². The number of anilines is 1. The molecule has 1 aromatic rings. The summed E-state index contributed by atoms with van der Waals surface area (Å²) in [6.07, 6.45) is 0. The molecular weight excluding hydrogens is 256 g/mol. The highest BCUT2D eigenvalue weighted by Crippen LogP contribution is 2.11. The Kier molecular flexibility index (Phi) is 4.33. The fraction of sp³-hybridized carbons (Fsp3) is 0.357. The highest BCUT2D eigenvalue weighted by Gasteiger charge is 2.25. The van der Waals surface area contributed by atoms with E-state index in [4.69, 9.17) is 5.26 Å². The summed E-state index contributed by atoms with van der Waals surface area (Å²) in [4.78, 5) is 25.3. The van der Waals surface area contributed by atoms with Crippen LogP contribution in [-0.4, -0.2) is 42.4 Å². The molecule has 1 aromatic carbocycles. The van der Waals surface area contributed by atoms with Crippen LogP contribution >= 0.6 is 0 Å². The summed E-state index contributed by atoms with van der Waals surface area (Å²) in [6.45, 7) is 3.20. The van der Waals surface area contributed by atoms with Gasteiger partial charge in [0.2, 0.25) is 11.8 Å². The van der Waals surface area contributed by atoms with Crippen molar-refractivity contribution in [2.75, 3.05) is 25.0 Å². The van der Waals surface area contributed by atoms with Crippen LogP contribution in [0.15, 0.2) is 24.3 Å². The summed E-state index contributed by atoms with van der Waals surface area (Å²) >= 11 is 0. The van der Waals surface area contributed by atoms with Crippen LogP contribution in [0.2, 0.25) is 0 Å². The fourth-order valence-electron chi connectivity index (χ4n) is 2.07. The summed E-state index contributed by atoms with van der Waals surface area (Å²) in [7, 11) is 0. The normalized spacial score (nSPS) is 16.9. The van der Waals surface area contributed by atoms with Gasteiger partial charge in [-0.3, -0.25) is 14.5 Å². The lowest BCUT2D eigenvalue weighted by Crippen LogP contribution is -2.53. The van der Waals surface area contributed by atoms with Crippen molar-refractivity contribution in [1.82, 2.24) is 10.2 Å². The molecule has 0 unspecified atom stereocenters. The number of hydrogen-bond donors (Lipinski definition) is 2. The van der Waals surface area contributed by atoms with Gasteiger partial charge in [-0.2, -0.15) is 5.26 Å². The van der Waals surface area contributed by atoms with Gasteiger partial charge in [-0.25, -0.2) is 0 Å². The monoisotopic (exact) mass is 272 g/mol. The highest BCUT2D eigenvalue weighted by molar-refractivity contribution is 5.95. The van der Waals surface area contributed by atoms with Crippen LogP contribution in [0.4, 0.5) is 5.69 Å². The third-order valence-corrected chi connectivity index (χ3v) is 3.25. The Labute approximate surface area is 117 Å². The molecule has 0 saturated carbocycles. The number of carbonyl (C=O) groups excluding carboxylic acids is 2. The van der Waals surface area contributed by atoms with Crippen molar-refractivity contribution < 1.29 is 9.59 Å². The van der Waals surface area contributed by atoms with E-state index in [1.807, 2.05) is 11.0 Å². The quantitative estimate of drug-likeness (QED) is 0.829. The van der Waals surface area contributed by atoms with Gasteiger partial charge in [0.05, 0.1) is 24.2 Å². The number of nitriles is 1. The number of benzene rings is 1. The molecule has 1 aliphatic rings. The van der Waals surface area contributed by atoms with Gasteiger partial charge in [0, 0.05) is 18.8 Å². The molecule has 6 heteroatoms. The summed E-state index contributed by atoms with van der Waals surface area (Å²) in [5, 5.41) is 14.3. The Balaban J connectivity index is 2.00. The van der Waals surface area contributed by atoms with E-state index in [0.717, 1.165) is 0 Å². The van der Waals surface area contributed by atoms with Crippen LogP contribution in [0, 0.1) is 11.3 Å². The summed E-state index contributed by atoms with van der Waals surface area (Å²) in [5.74, 6) is -0.253. The number of carbonyl (C=O) groups is 2. The molecule has 2 amide bonds. The van der Waals surface area contributed by atoms with Crippen molar-refractivity contribution in [3.63, 3.8) is 0 Å². The lowest BCUT2D eigenvalue weighted by Gasteiger charge is -2.31. The van der Waals surface area contributed by atoms with Gasteiger partial charge in [-0.15, -0.1) is 0 Å². The van der Waals surface area contributed by atoms with Crippen molar-refractivity contribution in [3.05, 3.63) is 29.8 Å². The van der Waals surface area contributed by atoms with Gasteiger partial charge < -0.3 is 10.6 Å². The summed E-state index contributed by atoms with van der Waals surface area (Å²) in [6, 6.07) is 8.37. The molecule has 2 rings (SSSR count). The van der Waals surface area contributed by atoms with Crippen LogP contribution in [0.3, 0.4) is 0 Å². The number of hydrogen-bond acceptors (Lipinski definition) is 4. The standard InChI is InChI=1S/C14H16N4O2/c1-10(18-6-5-16-13(19)9-18)14(20)17-12-4-2-3-11(7-12)8-15/h2-4,7,10H,5-6,9H2,1H3,(H,16,19)(H,17,20)/t10-/m0/s1. The van der Waals surface area contributed by atoms with E-state index >= 15 is 0 Å². The Hall–Kier alpha value is -2.39. The molecule has 1 heterocycles. The van der Waals surface area contributed by atoms with E-state index in [1.54, 1.807) is 31.2 Å². The molecule has 1 atom stereocenters. The zero-order valence-corrected chi connectivity index (χ0v) is 11.2. The average molecular weight is 272 g/mol. The predicted molar refractivity (Wildman–Crippen MR) is 73.8 cm³/mol. The molecule has 2 N–H and O–H groups in total. The van der Waals surface area contributed by atoms with Crippen molar-refractivity contribution in [3.8, 4) is 6.07 Å². The highest BCUT2D eigenvalue weighted by atomic mass is 16.2. The average Bonchev–Trinajstić information content (AvgIpc) is 2.46. The maximum Gasteiger partial charge on any atom is 0.241 e. The molecule has 1 saturated heterocycles. The second-order valence-electron chi connectivity index (χ2n) is 4.68. The van der Waals surface area contributed by atoms with Crippen molar-refractivity contribution in [2.45, 2.75) is 13.0 Å². The Bertz CT molecular complexity index is 565. The molecule has 0 spiro atoms. The molecule has 0 aliphatic carbocycles. The minimum atomic E-state index is -0.396. The van der Waals surface area contributed by atoms with Gasteiger partial charge in [0.15, 0.2) is 0 Å². The first-order chi connectivity index (χ1) is 9.60. The van der Waals surface area contributed by atoms with E-state index in [1.165, 1.54) is 0 Å². The first-order valence-corrected chi connectivity index (χ1v) is 6.42. The van der Waals surface area contributed by atoms with E-state index in [0.29, 0.717) is 24.3 Å². The SMILES string of the molecule is C[C@@H](C(=O)Nc1cccc(C#N)c1)N1CCNC(=O)C1. The second kappa shape index (κ2) is 6.17. The molecule has 6 nitrogen and oxygen atoms in total. The molecule has 0 bridgehead atoms. The summed E-state index contributed by atoms with van der Waals surface area (Å²) < 4.78 is 0. The first-order valence-electron chi connectivity index (χ1n) is 6.42. The van der Waals surface area contributed by atoms with E-state index in [9.17, 15) is 9.59 Å². The van der Waals surface area contributed by atoms with Crippen LogP contribution in [0.5, 0.6) is 0 Å². The molecule has 1 aliphatic heterocycles. The van der Waals surface area contributed by atoms with Gasteiger partial charge >= 0.3 is 0 Å². The fourth-order valence-corrected chi connectivity index (χ4v) is 2.07. The molecular formula is C14H16N4O2. The summed E-state index contributed by atoms with van der Waals surface area (Å²) in [5.41, 5.74) is 1.08. The van der Waals surface area contributed by atoms with E-state index in [2.05, 4.69) is 10.6 Å². The number of amides is 2. The number of rotatable bonds is 3. The van der Waals surface area contributed by atoms with Crippen molar-refractivity contribution in [1.29, 1.82) is 5.26 Å². The number of piperazine rings is 1. The Morgan fingerprint density at radius 3 is 3.05 bits per heavy atom. The third kappa shape index (κ3) is 3.33. The van der Waals surface area contributed by atoms with E-state index in [-0.39, 0.29) is 18.4 Å². The second-order valence-corrected chi connectivity index (χ2v) is 4.68. The maximum absolute atomic E-state index is 12.2. The first kappa shape index (κ1) is 14.0. The maximum atomic E-state index is 12.2. The van der Waals surface area contributed by atoms with E-state index < -0.39 is 6.04 Å². The lowest BCUT2D eigenvalue weighted by molar-refractivity contribution is -0.127. The number of nitrogens with zero attached hydrogens (tertiary/aromatic N) is 2. The molecule has 104 valence electrons. The predicted octanol–water partition coefficient (Wildman–Crippen LogP) is 0.317. The van der Waals surface area contributed by atoms with Crippen molar-refractivity contribution in [2.24, 2.45) is 0 Å². The zero-order chi connectivity index (χ0) is 14.5. The van der Waals surface area contributed by atoms with Gasteiger partial charge in [-0.1, -0.05) is 6.07 Å². The smallest absolute Gasteiger partial charge is 0.241 e. The lowest BCUT2D eigenvalue weighted by atomic mass is 10.2. The Morgan fingerprint density at radius 2 is 2.35 bits per heavy atom. The van der Waals surface area contributed by atoms with Gasteiger partial charge in [-0.05, 0) is 25.1 Å². The van der Waals surface area contributed by atoms with Crippen molar-refractivity contribution >= 4 is 17.5 Å². The number of nitrogens with one attached hydrogen (secondary N) is 2. The Morgan fingerprint density at radius 1 is 1.55 bits per heavy atom. The largest absolute Gasteiger partial charge is 0.354 e. The molecule has 0 aromatic heterocycles. The third-order valence-electron chi connectivity index (χ3n) is 3.25. The van der Waals surface area contributed by atoms with Crippen LogP contribution < -0.4 is 10.6 Å². The zero-order valence-electron chi connectivity index (χ0n) is 11.2. The molecule has 20 heavy (non-hydrogen) atoms. The van der Waals surface area contributed by atoms with Gasteiger partial charge in [0.1, 0.15) is 0 Å². The van der Waals surface area contributed by atoms with Gasteiger partial charge in [0.25, 0.3) is 0 Å². The molecule has 1 fully saturated rings. The van der Waals surface area contributed by atoms with Crippen LogP contribution in [0.1, 0.15) is 12.5 Å².